The monoisotopic (exact) mass is 951 g/mol. The van der Waals surface area contributed by atoms with Gasteiger partial charge in [0.15, 0.2) is 5.13 Å². The minimum absolute atomic E-state index is 0.00508. The van der Waals surface area contributed by atoms with Crippen molar-refractivity contribution < 1.29 is 32.6 Å². The summed E-state index contributed by atoms with van der Waals surface area (Å²) in [5.74, 6) is 0.504. The number of ether oxygens (including phenoxy) is 3. The summed E-state index contributed by atoms with van der Waals surface area (Å²) in [6.45, 7) is 8.42. The third-order valence-corrected chi connectivity index (χ3v) is 12.4. The lowest BCUT2D eigenvalue weighted by molar-refractivity contribution is 0.0633. The van der Waals surface area contributed by atoms with Gasteiger partial charge in [0.1, 0.15) is 34.6 Å². The molecule has 0 spiro atoms. The summed E-state index contributed by atoms with van der Waals surface area (Å²) in [5.41, 5.74) is 3.15. The number of methoxy groups -OCH3 is 2. The van der Waals surface area contributed by atoms with Crippen LogP contribution in [0.3, 0.4) is 0 Å². The van der Waals surface area contributed by atoms with Gasteiger partial charge in [-0.05, 0) is 116 Å². The van der Waals surface area contributed by atoms with Crippen molar-refractivity contribution in [1.29, 1.82) is 0 Å². The Labute approximate surface area is 363 Å². The van der Waals surface area contributed by atoms with Crippen LogP contribution >= 0.6 is 45.5 Å². The molecular formula is C44H41ClF2IN5O5S. The number of carbonyl (C=O) groups excluding carboxylic acids is 2. The Kier molecular flexibility index (Phi) is 12.3. The standard InChI is InChI=1S/C44H41ClF2IN5O5S/c1-24(29-8-7-20-49-40(29)52(22-25-9-13-27(56-5)14-10-25)23-26-11-15-28(57-6)16-12-26)53-21-19-30-34(41(53)54)37(48)36(47)33(35(30)45)31-17-18-32(46)39-38(31)50-42(59-39)51-43(55)58-44(2,3)4/h7-18,20,24H,19,21-23H2,1-6H3,(H,50,51,55). The van der Waals surface area contributed by atoms with E-state index in [1.807, 2.05) is 90.2 Å². The number of nitrogens with zero attached hydrogens (tertiary/aromatic N) is 4. The number of aromatic nitrogens is 2. The normalized spacial score (nSPS) is 13.3. The molecular weight excluding hydrogens is 911 g/mol. The maximum absolute atomic E-state index is 16.8. The molecule has 0 aliphatic carbocycles. The number of rotatable bonds is 11. The minimum Gasteiger partial charge on any atom is -0.497 e. The van der Waals surface area contributed by atoms with Crippen molar-refractivity contribution in [3.8, 4) is 22.6 Å². The number of fused-ring (bicyclic) bond motifs is 2. The van der Waals surface area contributed by atoms with E-state index in [-0.39, 0.29) is 46.5 Å². The predicted molar refractivity (Wildman–Crippen MR) is 236 cm³/mol. The molecule has 0 bridgehead atoms. The van der Waals surface area contributed by atoms with Gasteiger partial charge in [0, 0.05) is 42.5 Å². The van der Waals surface area contributed by atoms with Gasteiger partial charge in [-0.25, -0.2) is 23.5 Å². The van der Waals surface area contributed by atoms with Crippen molar-refractivity contribution in [2.75, 3.05) is 31.0 Å². The molecule has 1 unspecified atom stereocenters. The highest BCUT2D eigenvalue weighted by molar-refractivity contribution is 14.1. The van der Waals surface area contributed by atoms with Gasteiger partial charge in [-0.1, -0.05) is 53.3 Å². The molecule has 1 atom stereocenters. The summed E-state index contributed by atoms with van der Waals surface area (Å²) in [6.07, 6.45) is 1.31. The highest BCUT2D eigenvalue weighted by Crippen LogP contribution is 2.45. The molecule has 0 saturated carbocycles. The summed E-state index contributed by atoms with van der Waals surface area (Å²) >= 11 is 9.80. The molecule has 10 nitrogen and oxygen atoms in total. The maximum atomic E-state index is 16.8. The number of pyridine rings is 1. The number of anilines is 2. The van der Waals surface area contributed by atoms with Crippen molar-refractivity contribution in [1.82, 2.24) is 14.9 Å². The molecule has 1 aliphatic rings. The number of halogens is 4. The second-order valence-corrected chi connectivity index (χ2v) is 17.4. The smallest absolute Gasteiger partial charge is 0.413 e. The molecule has 59 heavy (non-hydrogen) atoms. The Hall–Kier alpha value is -5.06. The van der Waals surface area contributed by atoms with E-state index in [1.54, 1.807) is 46.1 Å². The van der Waals surface area contributed by atoms with Crippen LogP contribution in [-0.2, 0) is 24.2 Å². The molecule has 306 valence electrons. The van der Waals surface area contributed by atoms with E-state index < -0.39 is 29.4 Å². The first-order chi connectivity index (χ1) is 28.2. The van der Waals surface area contributed by atoms with Crippen LogP contribution in [0.25, 0.3) is 21.3 Å². The van der Waals surface area contributed by atoms with Crippen LogP contribution in [0.2, 0.25) is 5.02 Å². The fourth-order valence-electron chi connectivity index (χ4n) is 7.15. The third kappa shape index (κ3) is 8.80. The quantitative estimate of drug-likeness (QED) is 0.101. The Morgan fingerprint density at radius 3 is 2.20 bits per heavy atom. The maximum Gasteiger partial charge on any atom is 0.413 e. The van der Waals surface area contributed by atoms with Gasteiger partial charge >= 0.3 is 6.09 Å². The molecule has 7 rings (SSSR count). The van der Waals surface area contributed by atoms with Crippen LogP contribution in [0, 0.1) is 15.2 Å². The second-order valence-electron chi connectivity index (χ2n) is 15.0. The number of carbonyl (C=O) groups is 2. The molecule has 4 aromatic carbocycles. The summed E-state index contributed by atoms with van der Waals surface area (Å²) in [6, 6.07) is 21.7. The number of nitrogens with one attached hydrogen (secondary N) is 1. The fraction of sp³-hybridized carbons (Fsp3) is 0.273. The van der Waals surface area contributed by atoms with Crippen LogP contribution in [0.5, 0.6) is 11.5 Å². The van der Waals surface area contributed by atoms with Gasteiger partial charge in [-0.2, -0.15) is 0 Å². The van der Waals surface area contributed by atoms with Crippen LogP contribution in [0.1, 0.15) is 66.3 Å². The van der Waals surface area contributed by atoms with E-state index >= 15 is 8.78 Å². The lowest BCUT2D eigenvalue weighted by Crippen LogP contribution is -2.41. The van der Waals surface area contributed by atoms with E-state index in [4.69, 9.17) is 30.8 Å². The zero-order valence-corrected chi connectivity index (χ0v) is 36.9. The molecule has 1 aliphatic heterocycles. The number of hydrogen-bond donors (Lipinski definition) is 1. The van der Waals surface area contributed by atoms with Crippen molar-refractivity contribution in [3.63, 3.8) is 0 Å². The molecule has 0 fully saturated rings. The van der Waals surface area contributed by atoms with Crippen molar-refractivity contribution in [3.05, 3.63) is 127 Å². The van der Waals surface area contributed by atoms with Gasteiger partial charge < -0.3 is 24.0 Å². The largest absolute Gasteiger partial charge is 0.497 e. The van der Waals surface area contributed by atoms with E-state index in [2.05, 4.69) is 15.2 Å². The van der Waals surface area contributed by atoms with Crippen LogP contribution < -0.4 is 19.7 Å². The van der Waals surface area contributed by atoms with Gasteiger partial charge in [0.25, 0.3) is 5.91 Å². The zero-order chi connectivity index (χ0) is 42.2. The predicted octanol–water partition coefficient (Wildman–Crippen LogP) is 11.2. The highest BCUT2D eigenvalue weighted by atomic mass is 127. The van der Waals surface area contributed by atoms with Gasteiger partial charge in [-0.3, -0.25) is 10.1 Å². The Balaban J connectivity index is 1.22. The molecule has 1 N–H and O–H groups in total. The summed E-state index contributed by atoms with van der Waals surface area (Å²) < 4.78 is 48.2. The first-order valence-electron chi connectivity index (χ1n) is 18.7. The molecule has 0 saturated heterocycles. The lowest BCUT2D eigenvalue weighted by Gasteiger charge is -2.37. The fourth-order valence-corrected chi connectivity index (χ4v) is 9.23. The summed E-state index contributed by atoms with van der Waals surface area (Å²) in [7, 11) is 3.26. The number of amides is 2. The lowest BCUT2D eigenvalue weighted by atomic mass is 9.91. The van der Waals surface area contributed by atoms with Gasteiger partial charge in [0.2, 0.25) is 0 Å². The average Bonchev–Trinajstić information content (AvgIpc) is 3.64. The summed E-state index contributed by atoms with van der Waals surface area (Å²) in [5, 5.41) is 2.67. The Morgan fingerprint density at radius 1 is 0.983 bits per heavy atom. The second kappa shape index (κ2) is 17.3. The van der Waals surface area contributed by atoms with Crippen LogP contribution in [-0.4, -0.2) is 53.2 Å². The van der Waals surface area contributed by atoms with E-state index in [0.29, 0.717) is 37.4 Å². The first-order valence-corrected chi connectivity index (χ1v) is 21.0. The molecule has 0 radical (unpaired) electrons. The molecule has 15 heteroatoms. The molecule has 6 aromatic rings. The number of hydrogen-bond acceptors (Lipinski definition) is 9. The minimum atomic E-state index is -0.769. The van der Waals surface area contributed by atoms with Crippen LogP contribution in [0.4, 0.5) is 24.5 Å². The molecule has 2 aromatic heterocycles. The number of benzene rings is 4. The van der Waals surface area contributed by atoms with E-state index in [0.717, 1.165) is 39.5 Å². The van der Waals surface area contributed by atoms with E-state index in [9.17, 15) is 9.59 Å². The van der Waals surface area contributed by atoms with Crippen molar-refractivity contribution in [2.45, 2.75) is 58.8 Å². The Morgan fingerprint density at radius 2 is 1.61 bits per heavy atom. The molecule has 2 amide bonds. The Bertz CT molecular complexity index is 2500. The molecule has 3 heterocycles. The first kappa shape index (κ1) is 42.1. The SMILES string of the molecule is COc1ccc(CN(Cc2ccc(OC)cc2)c2ncccc2C(C)N2CCc3c(Cl)c(-c4ccc(F)c5sc(NC(=O)OC(C)(C)C)nc45)c(F)c(I)c3C2=O)cc1. The van der Waals surface area contributed by atoms with E-state index in [1.165, 1.54) is 12.1 Å². The van der Waals surface area contributed by atoms with Crippen molar-refractivity contribution >= 4 is 78.7 Å². The third-order valence-electron chi connectivity index (χ3n) is 9.97. The topological polar surface area (TPSA) is 106 Å². The average molecular weight is 952 g/mol. The van der Waals surface area contributed by atoms with Gasteiger partial charge in [-0.15, -0.1) is 0 Å². The van der Waals surface area contributed by atoms with Crippen LogP contribution in [0.15, 0.2) is 79.0 Å². The number of thiazole rings is 1. The highest BCUT2D eigenvalue weighted by Gasteiger charge is 2.37. The van der Waals surface area contributed by atoms with Gasteiger partial charge in [0.05, 0.1) is 44.6 Å². The summed E-state index contributed by atoms with van der Waals surface area (Å²) in [4.78, 5) is 40.3. The zero-order valence-electron chi connectivity index (χ0n) is 33.2. The van der Waals surface area contributed by atoms with Crippen molar-refractivity contribution in [2.24, 2.45) is 0 Å².